The Morgan fingerprint density at radius 1 is 1.23 bits per heavy atom. The number of hydrogen-bond acceptors (Lipinski definition) is 4. The van der Waals surface area contributed by atoms with E-state index in [0.717, 1.165) is 44.0 Å². The zero-order valence-electron chi connectivity index (χ0n) is 18.5. The van der Waals surface area contributed by atoms with Gasteiger partial charge in [0.25, 0.3) is 0 Å². The topological polar surface area (TPSA) is 61.8 Å². The second-order valence-electron chi connectivity index (χ2n) is 7.17. The molecule has 164 valence electrons. The van der Waals surface area contributed by atoms with Crippen LogP contribution in [0.1, 0.15) is 39.2 Å². The minimum atomic E-state index is -0.345. The molecule has 0 spiro atoms. The number of nitrogens with zero attached hydrogens (tertiary/aromatic N) is 3. The third-order valence-electron chi connectivity index (χ3n) is 4.92. The van der Waals surface area contributed by atoms with E-state index in [9.17, 15) is 4.39 Å². The molecule has 0 saturated heterocycles. The van der Waals surface area contributed by atoms with Crippen molar-refractivity contribution in [2.24, 2.45) is 4.99 Å². The van der Waals surface area contributed by atoms with Crippen molar-refractivity contribution >= 4 is 5.96 Å². The van der Waals surface area contributed by atoms with Crippen LogP contribution >= 0.6 is 0 Å². The summed E-state index contributed by atoms with van der Waals surface area (Å²) in [5.74, 6) is 1.24. The summed E-state index contributed by atoms with van der Waals surface area (Å²) >= 11 is 0. The van der Waals surface area contributed by atoms with E-state index in [1.165, 1.54) is 12.1 Å². The molecule has 0 aliphatic heterocycles. The Bertz CT molecular complexity index is 795. The minimum Gasteiger partial charge on any atom is -0.439 e. The Kier molecular flexibility index (Phi) is 10.1. The van der Waals surface area contributed by atoms with Crippen LogP contribution in [-0.4, -0.2) is 48.6 Å². The van der Waals surface area contributed by atoms with Crippen LogP contribution in [0.3, 0.4) is 0 Å². The van der Waals surface area contributed by atoms with Gasteiger partial charge in [-0.2, -0.15) is 0 Å². The van der Waals surface area contributed by atoms with Crippen molar-refractivity contribution < 1.29 is 9.13 Å². The van der Waals surface area contributed by atoms with E-state index in [-0.39, 0.29) is 5.82 Å². The molecule has 0 amide bonds. The summed E-state index contributed by atoms with van der Waals surface area (Å²) in [5, 5.41) is 6.74. The number of nitrogens with one attached hydrogen (secondary N) is 2. The maximum absolute atomic E-state index is 13.4. The first-order valence-electron chi connectivity index (χ1n) is 10.6. The summed E-state index contributed by atoms with van der Waals surface area (Å²) in [6, 6.07) is 10.1. The van der Waals surface area contributed by atoms with Gasteiger partial charge >= 0.3 is 0 Å². The Morgan fingerprint density at radius 2 is 2.03 bits per heavy atom. The normalized spacial score (nSPS) is 12.7. The molecule has 30 heavy (non-hydrogen) atoms. The maximum atomic E-state index is 13.4. The Labute approximate surface area is 179 Å². The lowest BCUT2D eigenvalue weighted by Crippen LogP contribution is -2.42. The first-order chi connectivity index (χ1) is 14.5. The highest BCUT2D eigenvalue weighted by atomic mass is 19.1. The quantitative estimate of drug-likeness (QED) is 0.426. The number of benzene rings is 1. The lowest BCUT2D eigenvalue weighted by atomic mass is 10.2. The average Bonchev–Trinajstić information content (AvgIpc) is 2.75. The zero-order chi connectivity index (χ0) is 21.8. The van der Waals surface area contributed by atoms with E-state index >= 15 is 0 Å². The molecule has 0 fully saturated rings. The molecular formula is C23H34FN5O. The molecule has 1 aromatic carbocycles. The van der Waals surface area contributed by atoms with Crippen molar-refractivity contribution in [3.63, 3.8) is 0 Å². The molecule has 7 heteroatoms. The monoisotopic (exact) mass is 415 g/mol. The van der Waals surface area contributed by atoms with Gasteiger partial charge in [0.1, 0.15) is 11.6 Å². The molecule has 1 heterocycles. The predicted molar refractivity (Wildman–Crippen MR) is 121 cm³/mol. The summed E-state index contributed by atoms with van der Waals surface area (Å²) in [5.41, 5.74) is 0.860. The fourth-order valence-corrected chi connectivity index (χ4v) is 3.13. The van der Waals surface area contributed by atoms with Crippen LogP contribution in [0, 0.1) is 5.82 Å². The van der Waals surface area contributed by atoms with Gasteiger partial charge in [0.15, 0.2) is 5.96 Å². The number of guanidine groups is 1. The summed E-state index contributed by atoms with van der Waals surface area (Å²) < 4.78 is 19.2. The number of rotatable bonds is 11. The van der Waals surface area contributed by atoms with E-state index in [4.69, 9.17) is 4.74 Å². The first kappa shape index (κ1) is 23.6. The SMILES string of the molecule is CCN(CC)CCCC(C)NC(=NC)NCc1cccnc1Oc1cccc(F)c1. The van der Waals surface area contributed by atoms with Crippen molar-refractivity contribution in [3.8, 4) is 11.6 Å². The molecule has 0 radical (unpaired) electrons. The molecule has 0 aliphatic rings. The number of hydrogen-bond donors (Lipinski definition) is 2. The summed E-state index contributed by atoms with van der Waals surface area (Å²) in [4.78, 5) is 11.0. The van der Waals surface area contributed by atoms with Crippen LogP contribution in [0.4, 0.5) is 4.39 Å². The van der Waals surface area contributed by atoms with Crippen molar-refractivity contribution in [2.75, 3.05) is 26.7 Å². The van der Waals surface area contributed by atoms with Gasteiger partial charge in [-0.15, -0.1) is 0 Å². The number of halogens is 1. The summed E-state index contributed by atoms with van der Waals surface area (Å²) in [6.07, 6.45) is 3.86. The lowest BCUT2D eigenvalue weighted by molar-refractivity contribution is 0.292. The van der Waals surface area contributed by atoms with Gasteiger partial charge in [-0.05, 0) is 57.6 Å². The van der Waals surface area contributed by atoms with E-state index in [0.29, 0.717) is 24.2 Å². The van der Waals surface area contributed by atoms with Crippen LogP contribution in [0.2, 0.25) is 0 Å². The predicted octanol–water partition coefficient (Wildman–Crippen LogP) is 4.19. The zero-order valence-corrected chi connectivity index (χ0v) is 18.5. The van der Waals surface area contributed by atoms with E-state index < -0.39 is 0 Å². The fraction of sp³-hybridized carbons (Fsp3) is 0.478. The third kappa shape index (κ3) is 7.99. The van der Waals surface area contributed by atoms with Crippen molar-refractivity contribution in [1.82, 2.24) is 20.5 Å². The standard InChI is InChI=1S/C23H34FN5O/c1-5-29(6-2)15-9-10-18(3)28-23(25-4)27-17-19-11-8-14-26-22(19)30-21-13-7-12-20(24)16-21/h7-8,11-14,16,18H,5-6,9-10,15,17H2,1-4H3,(H2,25,27,28). The highest BCUT2D eigenvalue weighted by Crippen LogP contribution is 2.23. The minimum absolute atomic E-state index is 0.309. The van der Waals surface area contributed by atoms with E-state index in [1.54, 1.807) is 25.4 Å². The van der Waals surface area contributed by atoms with Gasteiger partial charge in [0.05, 0.1) is 0 Å². The van der Waals surface area contributed by atoms with E-state index in [2.05, 4.69) is 46.3 Å². The van der Waals surface area contributed by atoms with Crippen molar-refractivity contribution in [1.29, 1.82) is 0 Å². The highest BCUT2D eigenvalue weighted by molar-refractivity contribution is 5.79. The van der Waals surface area contributed by atoms with Gasteiger partial charge in [0, 0.05) is 37.5 Å². The van der Waals surface area contributed by atoms with E-state index in [1.807, 2.05) is 12.1 Å². The number of ether oxygens (including phenoxy) is 1. The smallest absolute Gasteiger partial charge is 0.224 e. The van der Waals surface area contributed by atoms with Crippen LogP contribution in [-0.2, 0) is 6.54 Å². The third-order valence-corrected chi connectivity index (χ3v) is 4.92. The van der Waals surface area contributed by atoms with Crippen LogP contribution < -0.4 is 15.4 Å². The molecule has 1 unspecified atom stereocenters. The van der Waals surface area contributed by atoms with Gasteiger partial charge < -0.3 is 20.3 Å². The molecule has 2 N–H and O–H groups in total. The number of aromatic nitrogens is 1. The van der Waals surface area contributed by atoms with Crippen molar-refractivity contribution in [3.05, 3.63) is 54.0 Å². The molecule has 2 rings (SSSR count). The molecule has 0 saturated carbocycles. The second kappa shape index (κ2) is 12.8. The van der Waals surface area contributed by atoms with Crippen LogP contribution in [0.5, 0.6) is 11.6 Å². The molecule has 1 atom stereocenters. The average molecular weight is 416 g/mol. The number of pyridine rings is 1. The van der Waals surface area contributed by atoms with Gasteiger partial charge in [0.2, 0.25) is 5.88 Å². The first-order valence-corrected chi connectivity index (χ1v) is 10.6. The Hall–Kier alpha value is -2.67. The van der Waals surface area contributed by atoms with Gasteiger partial charge in [-0.25, -0.2) is 9.37 Å². The van der Waals surface area contributed by atoms with Crippen molar-refractivity contribution in [2.45, 2.75) is 46.2 Å². The Morgan fingerprint density at radius 3 is 2.73 bits per heavy atom. The van der Waals surface area contributed by atoms with Gasteiger partial charge in [-0.3, -0.25) is 4.99 Å². The summed E-state index contributed by atoms with van der Waals surface area (Å²) in [7, 11) is 1.76. The molecule has 0 bridgehead atoms. The lowest BCUT2D eigenvalue weighted by Gasteiger charge is -2.21. The number of aliphatic imine (C=N–C) groups is 1. The maximum Gasteiger partial charge on any atom is 0.224 e. The molecule has 2 aromatic rings. The molecule has 6 nitrogen and oxygen atoms in total. The largest absolute Gasteiger partial charge is 0.439 e. The molecule has 0 aliphatic carbocycles. The summed E-state index contributed by atoms with van der Waals surface area (Å²) in [6.45, 7) is 10.3. The molecular weight excluding hydrogens is 381 g/mol. The highest BCUT2D eigenvalue weighted by Gasteiger charge is 2.10. The van der Waals surface area contributed by atoms with Gasteiger partial charge in [-0.1, -0.05) is 26.0 Å². The second-order valence-corrected chi connectivity index (χ2v) is 7.17. The fourth-order valence-electron chi connectivity index (χ4n) is 3.13. The Balaban J connectivity index is 1.87. The van der Waals surface area contributed by atoms with Crippen LogP contribution in [0.15, 0.2) is 47.6 Å². The van der Waals surface area contributed by atoms with Crippen LogP contribution in [0.25, 0.3) is 0 Å². The molecule has 1 aromatic heterocycles.